The van der Waals surface area contributed by atoms with Crippen LogP contribution >= 0.6 is 0 Å². The number of carbonyl (C=O) groups excluding carboxylic acids is 4. The number of rotatable bonds is 4. The van der Waals surface area contributed by atoms with E-state index in [4.69, 9.17) is 4.84 Å². The zero-order valence-corrected chi connectivity index (χ0v) is 14.4. The number of nitrogens with one attached hydrogen (secondary N) is 1. The van der Waals surface area contributed by atoms with Crippen molar-refractivity contribution in [2.75, 3.05) is 6.54 Å². The topological polar surface area (TPSA) is 92.8 Å². The summed E-state index contributed by atoms with van der Waals surface area (Å²) in [7, 11) is 0. The van der Waals surface area contributed by atoms with Crippen LogP contribution in [0.3, 0.4) is 0 Å². The van der Waals surface area contributed by atoms with Crippen molar-refractivity contribution in [1.29, 1.82) is 0 Å². The third kappa shape index (κ3) is 3.08. The van der Waals surface area contributed by atoms with Gasteiger partial charge < -0.3 is 10.2 Å². The number of carbonyl (C=O) groups is 4. The lowest BCUT2D eigenvalue weighted by atomic mass is 10.1. The fraction of sp³-hybridized carbons (Fsp3) is 0.200. The van der Waals surface area contributed by atoms with Gasteiger partial charge >= 0.3 is 5.97 Å². The highest BCUT2D eigenvalue weighted by Crippen LogP contribution is 2.23. The van der Waals surface area contributed by atoms with Gasteiger partial charge in [0, 0.05) is 5.56 Å². The molecule has 7 nitrogen and oxygen atoms in total. The maximum Gasteiger partial charge on any atom is 0.352 e. The second-order valence-corrected chi connectivity index (χ2v) is 6.43. The minimum absolute atomic E-state index is 0.178. The molecule has 0 saturated heterocycles. The van der Waals surface area contributed by atoms with E-state index < -0.39 is 30.2 Å². The normalized spacial score (nSPS) is 14.7. The Morgan fingerprint density at radius 2 is 1.63 bits per heavy atom. The van der Waals surface area contributed by atoms with Gasteiger partial charge in [0.2, 0.25) is 0 Å². The molecule has 27 heavy (non-hydrogen) atoms. The van der Waals surface area contributed by atoms with Crippen LogP contribution < -0.4 is 5.32 Å². The summed E-state index contributed by atoms with van der Waals surface area (Å²) in [6.45, 7) is -0.455. The Morgan fingerprint density at radius 1 is 0.963 bits per heavy atom. The smallest absolute Gasteiger partial charge is 0.341 e. The highest BCUT2D eigenvalue weighted by Gasteiger charge is 2.38. The molecule has 0 bridgehead atoms. The van der Waals surface area contributed by atoms with Gasteiger partial charge in [-0.25, -0.2) is 4.79 Å². The van der Waals surface area contributed by atoms with Crippen LogP contribution in [-0.4, -0.2) is 35.3 Å². The molecule has 1 heterocycles. The summed E-state index contributed by atoms with van der Waals surface area (Å²) in [4.78, 5) is 53.4. The summed E-state index contributed by atoms with van der Waals surface area (Å²) in [6.07, 6.45) is 3.04. The van der Waals surface area contributed by atoms with Gasteiger partial charge in [-0.15, -0.1) is 0 Å². The highest BCUT2D eigenvalue weighted by atomic mass is 16.7. The van der Waals surface area contributed by atoms with Gasteiger partial charge in [-0.3, -0.25) is 14.4 Å². The SMILES string of the molecule is O=C(CNC(=O)c1ccc2c(c1)CCC2)ON1C(=O)c2ccccc2C1=O. The Morgan fingerprint density at radius 3 is 2.33 bits per heavy atom. The third-order valence-electron chi connectivity index (χ3n) is 4.70. The molecule has 7 heteroatoms. The lowest BCUT2D eigenvalue weighted by Gasteiger charge is -2.13. The van der Waals surface area contributed by atoms with Gasteiger partial charge in [-0.1, -0.05) is 23.3 Å². The summed E-state index contributed by atoms with van der Waals surface area (Å²) >= 11 is 0. The maximum absolute atomic E-state index is 12.2. The number of hydrogen-bond acceptors (Lipinski definition) is 5. The van der Waals surface area contributed by atoms with E-state index in [9.17, 15) is 19.2 Å². The van der Waals surface area contributed by atoms with Crippen molar-refractivity contribution in [3.05, 3.63) is 70.3 Å². The molecule has 3 amide bonds. The van der Waals surface area contributed by atoms with Crippen LogP contribution in [0, 0.1) is 0 Å². The van der Waals surface area contributed by atoms with E-state index in [0.717, 1.165) is 24.8 Å². The predicted molar refractivity (Wildman–Crippen MR) is 93.8 cm³/mol. The Balaban J connectivity index is 1.36. The second kappa shape index (κ2) is 6.68. The van der Waals surface area contributed by atoms with Crippen LogP contribution in [0.2, 0.25) is 0 Å². The van der Waals surface area contributed by atoms with E-state index >= 15 is 0 Å². The molecule has 136 valence electrons. The van der Waals surface area contributed by atoms with E-state index in [2.05, 4.69) is 5.32 Å². The highest BCUT2D eigenvalue weighted by molar-refractivity contribution is 6.20. The Hall–Kier alpha value is -3.48. The average Bonchev–Trinajstić information content (AvgIpc) is 3.25. The zero-order valence-electron chi connectivity index (χ0n) is 14.4. The Bertz CT molecular complexity index is 947. The van der Waals surface area contributed by atoms with Crippen LogP contribution in [0.4, 0.5) is 0 Å². The van der Waals surface area contributed by atoms with Crippen molar-refractivity contribution < 1.29 is 24.0 Å². The quantitative estimate of drug-likeness (QED) is 0.833. The molecule has 0 atom stereocenters. The van der Waals surface area contributed by atoms with Gasteiger partial charge in [0.15, 0.2) is 0 Å². The van der Waals surface area contributed by atoms with E-state index in [1.54, 1.807) is 18.2 Å². The lowest BCUT2D eigenvalue weighted by Crippen LogP contribution is -2.38. The molecule has 2 aromatic carbocycles. The molecule has 0 saturated carbocycles. The Kier molecular flexibility index (Phi) is 4.19. The number of nitrogens with zero attached hydrogens (tertiary/aromatic N) is 1. The molecule has 2 aliphatic rings. The first-order valence-electron chi connectivity index (χ1n) is 8.63. The van der Waals surface area contributed by atoms with Crippen LogP contribution in [0.5, 0.6) is 0 Å². The van der Waals surface area contributed by atoms with Crippen molar-refractivity contribution in [3.8, 4) is 0 Å². The first-order valence-corrected chi connectivity index (χ1v) is 8.63. The zero-order chi connectivity index (χ0) is 19.0. The van der Waals surface area contributed by atoms with E-state index in [-0.39, 0.29) is 11.1 Å². The number of fused-ring (bicyclic) bond motifs is 2. The molecule has 0 aromatic heterocycles. The molecule has 0 unspecified atom stereocenters. The summed E-state index contributed by atoms with van der Waals surface area (Å²) in [5, 5.41) is 2.88. The second-order valence-electron chi connectivity index (χ2n) is 6.43. The molecule has 1 aliphatic carbocycles. The average molecular weight is 364 g/mol. The van der Waals surface area contributed by atoms with Crippen LogP contribution in [0.15, 0.2) is 42.5 Å². The van der Waals surface area contributed by atoms with E-state index in [1.807, 2.05) is 12.1 Å². The minimum atomic E-state index is -0.904. The number of aryl methyl sites for hydroxylation is 2. The monoisotopic (exact) mass is 364 g/mol. The van der Waals surface area contributed by atoms with Crippen LogP contribution in [-0.2, 0) is 22.5 Å². The van der Waals surface area contributed by atoms with E-state index in [1.165, 1.54) is 17.7 Å². The fourth-order valence-corrected chi connectivity index (χ4v) is 3.35. The predicted octanol–water partition coefficient (Wildman–Crippen LogP) is 1.66. The number of benzene rings is 2. The molecule has 1 N–H and O–H groups in total. The minimum Gasteiger partial charge on any atom is -0.341 e. The Labute approximate surface area is 154 Å². The fourth-order valence-electron chi connectivity index (χ4n) is 3.35. The maximum atomic E-state index is 12.2. The molecule has 0 fully saturated rings. The molecular weight excluding hydrogens is 348 g/mol. The molecule has 0 radical (unpaired) electrons. The van der Waals surface area contributed by atoms with Crippen LogP contribution in [0.25, 0.3) is 0 Å². The van der Waals surface area contributed by atoms with Gasteiger partial charge in [-0.05, 0) is 54.7 Å². The number of imide groups is 1. The van der Waals surface area contributed by atoms with Gasteiger partial charge in [0.1, 0.15) is 6.54 Å². The van der Waals surface area contributed by atoms with Crippen molar-refractivity contribution in [1.82, 2.24) is 10.4 Å². The summed E-state index contributed by atoms with van der Waals surface area (Å²) in [5.74, 6) is -2.72. The van der Waals surface area contributed by atoms with Crippen LogP contribution in [0.1, 0.15) is 48.6 Å². The molecule has 1 aliphatic heterocycles. The summed E-state index contributed by atoms with van der Waals surface area (Å²) < 4.78 is 0. The lowest BCUT2D eigenvalue weighted by molar-refractivity contribution is -0.167. The number of amides is 3. The van der Waals surface area contributed by atoms with Gasteiger partial charge in [-0.2, -0.15) is 0 Å². The molecule has 4 rings (SSSR count). The first-order chi connectivity index (χ1) is 13.0. The number of hydroxylamine groups is 2. The van der Waals surface area contributed by atoms with Crippen molar-refractivity contribution in [3.63, 3.8) is 0 Å². The number of hydrogen-bond donors (Lipinski definition) is 1. The largest absolute Gasteiger partial charge is 0.352 e. The molecular formula is C20H16N2O5. The summed E-state index contributed by atoms with van der Waals surface area (Å²) in [5.41, 5.74) is 3.21. The van der Waals surface area contributed by atoms with Gasteiger partial charge in [0.05, 0.1) is 11.1 Å². The van der Waals surface area contributed by atoms with Gasteiger partial charge in [0.25, 0.3) is 17.7 Å². The van der Waals surface area contributed by atoms with Crippen molar-refractivity contribution >= 4 is 23.7 Å². The van der Waals surface area contributed by atoms with Crippen molar-refractivity contribution in [2.24, 2.45) is 0 Å². The summed E-state index contributed by atoms with van der Waals surface area (Å²) in [6, 6.07) is 11.7. The molecule has 2 aromatic rings. The third-order valence-corrected chi connectivity index (χ3v) is 4.70. The standard InChI is InChI=1S/C20H16N2O5/c23-17(27-22-19(25)15-6-1-2-7-16(15)20(22)26)11-21-18(24)14-9-8-12-4-3-5-13(12)10-14/h1-2,6-10H,3-5,11H2,(H,21,24). The van der Waals surface area contributed by atoms with Crippen molar-refractivity contribution in [2.45, 2.75) is 19.3 Å². The molecule has 0 spiro atoms. The van der Waals surface area contributed by atoms with E-state index in [0.29, 0.717) is 10.6 Å². The first kappa shape index (κ1) is 17.0.